The largest absolute Gasteiger partial charge is 0.426 e. The number of rotatable bonds is 0. The van der Waals surface area contributed by atoms with Gasteiger partial charge in [0.05, 0.1) is 42.6 Å². The zero-order valence-corrected chi connectivity index (χ0v) is 72.9. The van der Waals surface area contributed by atoms with E-state index in [0.717, 1.165) is 55.5 Å². The molecule has 0 aliphatic carbocycles. The van der Waals surface area contributed by atoms with Crippen molar-refractivity contribution in [1.82, 2.24) is 99.5 Å². The SMILES string of the molecule is CC.CC.CC.CC.CC.CC.CC.CC.CC.CC.CC.Cc1ccn[nH]1.Cc1ccn[nH]1.Cc1ccno1.Cc1ccns1.Cc1ccon1.Cc1ccsn1.Cc1cn[nH]c1.Cc1cnc[nH]1.Cc1cnc[nH]1.Cc1cnoc1.Cc1cnsc1.Cc1nnc(C)o1.Cc1nnc(C)s1. The number of aromatic amines is 5. The highest BCUT2D eigenvalue weighted by molar-refractivity contribution is 7.11. The van der Waals surface area contributed by atoms with Gasteiger partial charge in [-0.1, -0.05) is 168 Å². The molecule has 28 heteroatoms. The number of aryl methyl sites for hydroxylation is 15. The summed E-state index contributed by atoms with van der Waals surface area (Å²) in [7, 11) is 0. The zero-order chi connectivity index (χ0) is 81.0. The molecule has 0 fully saturated rings. The molecular weight excluding hydrogens is 1360 g/mol. The molecule has 13 aromatic heterocycles. The highest BCUT2D eigenvalue weighted by atomic mass is 32.1. The van der Waals surface area contributed by atoms with Crippen LogP contribution in [-0.4, -0.2) is 99.5 Å². The van der Waals surface area contributed by atoms with E-state index in [2.05, 4.69) is 113 Å². The van der Waals surface area contributed by atoms with Crippen molar-refractivity contribution in [2.24, 2.45) is 0 Å². The van der Waals surface area contributed by atoms with Gasteiger partial charge in [-0.25, -0.2) is 18.7 Å². The zero-order valence-electron chi connectivity index (χ0n) is 69.7. The number of nitrogens with zero attached hydrogens (tertiary/aromatic N) is 15. The van der Waals surface area contributed by atoms with Crippen LogP contribution in [0.25, 0.3) is 0 Å². The molecule has 13 aromatic rings. The lowest BCUT2D eigenvalue weighted by molar-refractivity contribution is 0.397. The summed E-state index contributed by atoms with van der Waals surface area (Å²) in [6.07, 6.45) is 24.1. The second kappa shape index (κ2) is 103. The van der Waals surface area contributed by atoms with E-state index in [1.807, 2.05) is 290 Å². The van der Waals surface area contributed by atoms with Crippen molar-refractivity contribution < 1.29 is 18.0 Å². The molecule has 0 bridgehead atoms. The predicted octanol–water partition coefficient (Wildman–Crippen LogP) is 24.0. The van der Waals surface area contributed by atoms with Crippen LogP contribution in [0.1, 0.15) is 236 Å². The number of hydrogen-bond acceptors (Lipinski definition) is 23. The summed E-state index contributed by atoms with van der Waals surface area (Å²) in [6, 6.07) is 11.4. The van der Waals surface area contributed by atoms with Crippen molar-refractivity contribution in [3.05, 3.63) is 218 Å². The quantitative estimate of drug-likeness (QED) is 0.0941. The van der Waals surface area contributed by atoms with E-state index in [4.69, 9.17) is 4.42 Å². The van der Waals surface area contributed by atoms with E-state index in [-0.39, 0.29) is 0 Å². The molecule has 0 spiro atoms. The summed E-state index contributed by atoms with van der Waals surface area (Å²) in [4.78, 5) is 14.6. The van der Waals surface area contributed by atoms with E-state index in [9.17, 15) is 0 Å². The third-order valence-electron chi connectivity index (χ3n) is 7.82. The average Bonchev–Trinajstić information content (AvgIpc) is 1.94. The van der Waals surface area contributed by atoms with Crippen LogP contribution >= 0.6 is 45.9 Å². The van der Waals surface area contributed by atoms with Gasteiger partial charge in [0.1, 0.15) is 28.3 Å². The molecule has 0 saturated heterocycles. The topological polar surface area (TPSA) is 325 Å². The monoisotopic (exact) mass is 1500 g/mol. The Hall–Kier alpha value is -8.73. The normalized spacial score (nSPS) is 7.66. The molecule has 582 valence electrons. The van der Waals surface area contributed by atoms with Crippen LogP contribution in [-0.2, 0) is 0 Å². The highest BCUT2D eigenvalue weighted by Gasteiger charge is 1.90. The lowest BCUT2D eigenvalue weighted by Gasteiger charge is -1.70. The molecule has 0 atom stereocenters. The lowest BCUT2D eigenvalue weighted by Crippen LogP contribution is -1.68. The molecule has 0 aliphatic rings. The second-order valence-corrected chi connectivity index (χ2v) is 19.6. The van der Waals surface area contributed by atoms with Crippen molar-refractivity contribution in [3.8, 4) is 0 Å². The van der Waals surface area contributed by atoms with Crippen molar-refractivity contribution in [2.75, 3.05) is 0 Å². The van der Waals surface area contributed by atoms with Crippen LogP contribution in [0, 0.1) is 104 Å². The summed E-state index contributed by atoms with van der Waals surface area (Å²) in [5.74, 6) is 2.10. The van der Waals surface area contributed by atoms with Gasteiger partial charge in [-0.15, -0.1) is 31.7 Å². The molecule has 0 aromatic carbocycles. The van der Waals surface area contributed by atoms with Gasteiger partial charge in [-0.2, -0.15) is 19.7 Å². The van der Waals surface area contributed by atoms with E-state index in [0.29, 0.717) is 11.8 Å². The number of nitrogens with one attached hydrogen (secondary N) is 5. The van der Waals surface area contributed by atoms with Gasteiger partial charge in [0.15, 0.2) is 0 Å². The Morgan fingerprint density at radius 1 is 0.402 bits per heavy atom. The molecule has 0 saturated carbocycles. The predicted molar refractivity (Wildman–Crippen MR) is 439 cm³/mol. The molecule has 102 heavy (non-hydrogen) atoms. The maximum absolute atomic E-state index is 4.86. The molecule has 13 heterocycles. The summed E-state index contributed by atoms with van der Waals surface area (Å²) >= 11 is 6.13. The molecule has 13 rings (SSSR count). The first-order valence-corrected chi connectivity index (χ1v) is 38.2. The molecule has 0 aliphatic heterocycles. The van der Waals surface area contributed by atoms with Crippen LogP contribution < -0.4 is 0 Å². The van der Waals surface area contributed by atoms with Crippen molar-refractivity contribution in [3.63, 3.8) is 0 Å². The Bertz CT molecular complexity index is 2470. The standard InChI is InChI=1S/C4H6N2O.C4H6N2S.5C4H6N2.3C4H5NO.3C4H5NS.11C2H6/c2*1-3-5-6-4(2)7-3;2*1-4-2-5-3-6-4;1-4-2-5-6-3-4;2*1-4-2-3-5-6-4;1-4-2-5-6-3-4;1-4-2-3-6-5-4;1-4-2-3-5-6-4;1-4-2-5-6-3-4;1-4-2-3-6-5-4;1-4-2-3-5-6-4;11*1-2/h2*1-2H3;5*2-3H,1H3,(H,5,6);6*2-3H,1H3;11*1-2H3. The maximum Gasteiger partial charge on any atom is 0.213 e. The van der Waals surface area contributed by atoms with Gasteiger partial charge in [0, 0.05) is 113 Å². The smallest absolute Gasteiger partial charge is 0.213 e. The van der Waals surface area contributed by atoms with E-state index in [1.165, 1.54) is 50.6 Å². The number of aromatic nitrogens is 20. The minimum Gasteiger partial charge on any atom is -0.426 e. The number of H-pyrrole nitrogens is 5. The molecule has 24 nitrogen and oxygen atoms in total. The minimum atomic E-state index is 0.623. The highest BCUT2D eigenvalue weighted by Crippen LogP contribution is 2.04. The number of hydrogen-bond donors (Lipinski definition) is 5. The van der Waals surface area contributed by atoms with Gasteiger partial charge in [0.2, 0.25) is 11.8 Å². The van der Waals surface area contributed by atoms with E-state index in [1.54, 1.807) is 112 Å². The van der Waals surface area contributed by atoms with Gasteiger partial charge in [0.25, 0.3) is 0 Å². The average molecular weight is 1500 g/mol. The Balaban J connectivity index is -0.0000000955. The third kappa shape index (κ3) is 99.9. The first-order chi connectivity index (χ1) is 49.4. The summed E-state index contributed by atoms with van der Waals surface area (Å²) < 4.78 is 30.1. The Morgan fingerprint density at radius 3 is 1.01 bits per heavy atom. The first-order valence-electron chi connectivity index (χ1n) is 34.9. The van der Waals surface area contributed by atoms with Crippen LogP contribution in [0.3, 0.4) is 0 Å². The lowest BCUT2D eigenvalue weighted by atomic mass is 10.4. The summed E-state index contributed by atoms with van der Waals surface area (Å²) in [5, 5.41) is 50.5. The van der Waals surface area contributed by atoms with Crippen molar-refractivity contribution in [1.29, 1.82) is 0 Å². The van der Waals surface area contributed by atoms with Crippen LogP contribution in [0.15, 0.2) is 152 Å². The van der Waals surface area contributed by atoms with Crippen LogP contribution in [0.2, 0.25) is 0 Å². The van der Waals surface area contributed by atoms with Crippen LogP contribution in [0.4, 0.5) is 0 Å². The minimum absolute atomic E-state index is 0.623. The molecule has 0 radical (unpaired) electrons. The maximum atomic E-state index is 4.86. The molecule has 0 amide bonds. The fraction of sp³-hybridized carbons (Fsp3) is 0.500. The van der Waals surface area contributed by atoms with Gasteiger partial charge >= 0.3 is 0 Å². The second-order valence-electron chi connectivity index (χ2n) is 15.8. The fourth-order valence-electron chi connectivity index (χ4n) is 4.03. The molecule has 0 unspecified atom stereocenters. The Kier molecular flexibility index (Phi) is 119. The van der Waals surface area contributed by atoms with Gasteiger partial charge in [-0.05, 0) is 160 Å². The van der Waals surface area contributed by atoms with Crippen molar-refractivity contribution >= 4 is 45.9 Å². The summed E-state index contributed by atoms with van der Waals surface area (Å²) in [5.41, 5.74) is 9.95. The third-order valence-corrected chi connectivity index (χ3v) is 10.6. The Labute approximate surface area is 633 Å². The molecule has 5 N–H and O–H groups in total. The first kappa shape index (κ1) is 117. The number of imidazole rings is 2. The summed E-state index contributed by atoms with van der Waals surface area (Å²) in [6.45, 7) is 73.0. The van der Waals surface area contributed by atoms with Crippen LogP contribution in [0.5, 0.6) is 0 Å². The molecular formula is C74H138N20O4S4. The van der Waals surface area contributed by atoms with E-state index < -0.39 is 0 Å². The fourth-order valence-corrected chi connectivity index (χ4v) is 6.09. The van der Waals surface area contributed by atoms with Gasteiger partial charge in [-0.3, -0.25) is 15.3 Å². The van der Waals surface area contributed by atoms with Gasteiger partial charge < -0.3 is 28.0 Å². The van der Waals surface area contributed by atoms with Crippen molar-refractivity contribution in [2.45, 2.75) is 256 Å². The van der Waals surface area contributed by atoms with E-state index >= 15 is 0 Å². The Morgan fingerprint density at radius 2 is 0.902 bits per heavy atom.